The third-order valence-electron chi connectivity index (χ3n) is 3.75. The van der Waals surface area contributed by atoms with Crippen LogP contribution in [0.1, 0.15) is 16.2 Å². The fourth-order valence-electron chi connectivity index (χ4n) is 2.42. The third kappa shape index (κ3) is 2.95. The Hall–Kier alpha value is -2.67. The Labute approximate surface area is 137 Å². The van der Waals surface area contributed by atoms with Crippen molar-refractivity contribution in [3.05, 3.63) is 52.6 Å². The number of hydrogen-bond acceptors (Lipinski definition) is 4. The first-order valence-electron chi connectivity index (χ1n) is 7.17. The van der Waals surface area contributed by atoms with E-state index in [1.54, 1.807) is 16.7 Å². The number of amides is 1. The summed E-state index contributed by atoms with van der Waals surface area (Å²) in [5.74, 6) is 0.446. The van der Waals surface area contributed by atoms with Crippen LogP contribution >= 0.6 is 12.2 Å². The number of nitrogens with zero attached hydrogens (tertiary/aromatic N) is 2. The van der Waals surface area contributed by atoms with Crippen molar-refractivity contribution in [1.82, 2.24) is 20.1 Å². The second-order valence-corrected chi connectivity index (χ2v) is 5.58. The average Bonchev–Trinajstić information content (AvgIpc) is 2.87. The van der Waals surface area contributed by atoms with Crippen LogP contribution in [0, 0.1) is 4.77 Å². The maximum absolute atomic E-state index is 12.3. The van der Waals surface area contributed by atoms with Gasteiger partial charge in [-0.25, -0.2) is 0 Å². The van der Waals surface area contributed by atoms with Crippen LogP contribution < -0.4 is 5.32 Å². The van der Waals surface area contributed by atoms with Crippen molar-refractivity contribution in [1.29, 1.82) is 0 Å². The lowest BCUT2D eigenvalue weighted by Gasteiger charge is -2.09. The monoisotopic (exact) mass is 328 g/mol. The number of nitrogens with one attached hydrogen (secondary N) is 2. The van der Waals surface area contributed by atoms with Gasteiger partial charge in [0.2, 0.25) is 0 Å². The molecule has 23 heavy (non-hydrogen) atoms. The highest BCUT2D eigenvalue weighted by Crippen LogP contribution is 2.28. The second-order valence-electron chi connectivity index (χ2n) is 5.19. The molecule has 0 unspecified atom stereocenters. The molecule has 0 atom stereocenters. The van der Waals surface area contributed by atoms with Crippen LogP contribution in [0.25, 0.3) is 10.8 Å². The molecule has 118 valence electrons. The van der Waals surface area contributed by atoms with Crippen molar-refractivity contribution in [3.8, 4) is 5.75 Å². The van der Waals surface area contributed by atoms with Gasteiger partial charge in [-0.05, 0) is 23.7 Å². The largest absolute Gasteiger partial charge is 0.506 e. The van der Waals surface area contributed by atoms with E-state index in [1.165, 1.54) is 0 Å². The molecule has 1 heterocycles. The van der Waals surface area contributed by atoms with E-state index < -0.39 is 0 Å². The molecule has 3 rings (SSSR count). The van der Waals surface area contributed by atoms with Gasteiger partial charge < -0.3 is 15.0 Å². The zero-order chi connectivity index (χ0) is 16.4. The summed E-state index contributed by atoms with van der Waals surface area (Å²) in [5.41, 5.74) is 0.263. The van der Waals surface area contributed by atoms with Crippen LogP contribution in [0.2, 0.25) is 0 Å². The Morgan fingerprint density at radius 3 is 2.87 bits per heavy atom. The van der Waals surface area contributed by atoms with Gasteiger partial charge in [0.25, 0.3) is 5.91 Å². The van der Waals surface area contributed by atoms with Crippen molar-refractivity contribution in [2.45, 2.75) is 6.42 Å². The minimum atomic E-state index is -0.315. The third-order valence-corrected chi connectivity index (χ3v) is 4.12. The number of aromatic amines is 1. The summed E-state index contributed by atoms with van der Waals surface area (Å²) in [4.78, 5) is 12.3. The lowest BCUT2D eigenvalue weighted by molar-refractivity contribution is 0.0951. The molecular formula is C16H16N4O2S. The van der Waals surface area contributed by atoms with Crippen molar-refractivity contribution >= 4 is 28.9 Å². The number of carbonyl (C=O) groups excluding carboxylic acids is 1. The molecule has 2 aromatic carbocycles. The molecule has 6 nitrogen and oxygen atoms in total. The van der Waals surface area contributed by atoms with Crippen LogP contribution in [0.4, 0.5) is 0 Å². The number of benzene rings is 2. The Bertz CT molecular complexity index is 929. The predicted octanol–water partition coefficient (Wildman–Crippen LogP) is 2.31. The number of fused-ring (bicyclic) bond motifs is 1. The molecule has 0 saturated heterocycles. The fraction of sp³-hybridized carbons (Fsp3) is 0.188. The number of carbonyl (C=O) groups is 1. The molecule has 0 aliphatic rings. The highest BCUT2D eigenvalue weighted by molar-refractivity contribution is 7.71. The Balaban J connectivity index is 1.72. The van der Waals surface area contributed by atoms with Crippen LogP contribution in [-0.4, -0.2) is 32.3 Å². The summed E-state index contributed by atoms with van der Waals surface area (Å²) in [6.45, 7) is 0.401. The van der Waals surface area contributed by atoms with Gasteiger partial charge in [0.05, 0.1) is 5.56 Å². The number of hydrogen-bond donors (Lipinski definition) is 3. The number of aromatic hydroxyl groups is 1. The van der Waals surface area contributed by atoms with E-state index in [0.717, 1.165) is 11.2 Å². The van der Waals surface area contributed by atoms with E-state index in [1.807, 2.05) is 31.3 Å². The van der Waals surface area contributed by atoms with Crippen LogP contribution in [-0.2, 0) is 13.5 Å². The average molecular weight is 328 g/mol. The van der Waals surface area contributed by atoms with Gasteiger partial charge in [-0.15, -0.1) is 0 Å². The van der Waals surface area contributed by atoms with Gasteiger partial charge in [-0.1, -0.05) is 30.3 Å². The summed E-state index contributed by atoms with van der Waals surface area (Å²) >= 11 is 5.04. The molecule has 0 aliphatic heterocycles. The Morgan fingerprint density at radius 1 is 1.35 bits per heavy atom. The van der Waals surface area contributed by atoms with Gasteiger partial charge in [-0.2, -0.15) is 5.10 Å². The fourth-order valence-corrected chi connectivity index (χ4v) is 2.58. The highest BCUT2D eigenvalue weighted by Gasteiger charge is 2.13. The van der Waals surface area contributed by atoms with E-state index in [2.05, 4.69) is 15.5 Å². The molecule has 0 spiro atoms. The maximum atomic E-state index is 12.3. The van der Waals surface area contributed by atoms with Crippen molar-refractivity contribution < 1.29 is 9.90 Å². The maximum Gasteiger partial charge on any atom is 0.255 e. The minimum Gasteiger partial charge on any atom is -0.506 e. The molecule has 0 aliphatic carbocycles. The first-order chi connectivity index (χ1) is 11.1. The summed E-state index contributed by atoms with van der Waals surface area (Å²) in [5, 5.41) is 21.4. The smallest absolute Gasteiger partial charge is 0.255 e. The predicted molar refractivity (Wildman–Crippen MR) is 90.0 cm³/mol. The van der Waals surface area contributed by atoms with Crippen LogP contribution in [0.5, 0.6) is 5.75 Å². The Kier molecular flexibility index (Phi) is 4.12. The van der Waals surface area contributed by atoms with E-state index >= 15 is 0 Å². The standard InChI is InChI=1S/C16H16N4O2S/c1-20-13(18-19-16(20)23)8-9-17-15(22)12-7-6-10-4-2-3-5-11(10)14(12)21/h2-7,21H,8-9H2,1H3,(H,17,22)(H,19,23). The van der Waals surface area contributed by atoms with Gasteiger partial charge in [0, 0.05) is 25.4 Å². The molecule has 7 heteroatoms. The summed E-state index contributed by atoms with van der Waals surface area (Å²) in [6.07, 6.45) is 0.545. The molecule has 3 aromatic rings. The lowest BCUT2D eigenvalue weighted by atomic mass is 10.0. The van der Waals surface area contributed by atoms with Crippen molar-refractivity contribution in [3.63, 3.8) is 0 Å². The lowest BCUT2D eigenvalue weighted by Crippen LogP contribution is -2.26. The van der Waals surface area contributed by atoms with Gasteiger partial charge in [0.1, 0.15) is 11.6 Å². The summed E-state index contributed by atoms with van der Waals surface area (Å²) in [7, 11) is 1.82. The molecule has 0 saturated carbocycles. The summed E-state index contributed by atoms with van der Waals surface area (Å²) < 4.78 is 2.30. The van der Waals surface area contributed by atoms with Gasteiger partial charge in [-0.3, -0.25) is 9.89 Å². The number of phenols is 1. The number of aromatic nitrogens is 3. The minimum absolute atomic E-state index is 0.00114. The van der Waals surface area contributed by atoms with E-state index in [-0.39, 0.29) is 17.2 Å². The molecule has 0 fully saturated rings. The zero-order valence-corrected chi connectivity index (χ0v) is 13.4. The van der Waals surface area contributed by atoms with Crippen molar-refractivity contribution in [2.24, 2.45) is 7.05 Å². The van der Waals surface area contributed by atoms with E-state index in [4.69, 9.17) is 12.2 Å². The Morgan fingerprint density at radius 2 is 2.13 bits per heavy atom. The van der Waals surface area contributed by atoms with E-state index in [0.29, 0.717) is 23.1 Å². The van der Waals surface area contributed by atoms with Crippen molar-refractivity contribution in [2.75, 3.05) is 6.54 Å². The van der Waals surface area contributed by atoms with Crippen LogP contribution in [0.3, 0.4) is 0 Å². The SMILES string of the molecule is Cn1c(CCNC(=O)c2ccc3ccccc3c2O)n[nH]c1=S. The van der Waals surface area contributed by atoms with Gasteiger partial charge >= 0.3 is 0 Å². The second kappa shape index (κ2) is 6.21. The molecule has 1 aromatic heterocycles. The summed E-state index contributed by atoms with van der Waals surface area (Å²) in [6, 6.07) is 10.8. The zero-order valence-electron chi connectivity index (χ0n) is 12.5. The van der Waals surface area contributed by atoms with E-state index in [9.17, 15) is 9.90 Å². The molecule has 0 radical (unpaired) electrons. The molecule has 1 amide bonds. The molecular weight excluding hydrogens is 312 g/mol. The van der Waals surface area contributed by atoms with Crippen LogP contribution in [0.15, 0.2) is 36.4 Å². The van der Waals surface area contributed by atoms with Gasteiger partial charge in [0.15, 0.2) is 4.77 Å². The first-order valence-corrected chi connectivity index (χ1v) is 7.58. The number of phenolic OH excluding ortho intramolecular Hbond substituents is 1. The topological polar surface area (TPSA) is 82.9 Å². The number of rotatable bonds is 4. The normalized spacial score (nSPS) is 10.8. The number of H-pyrrole nitrogens is 1. The molecule has 3 N–H and O–H groups in total. The first kappa shape index (κ1) is 15.2. The molecule has 0 bridgehead atoms. The highest BCUT2D eigenvalue weighted by atomic mass is 32.1. The quantitative estimate of drug-likeness (QED) is 0.642.